The predicted octanol–water partition coefficient (Wildman–Crippen LogP) is 1.66. The van der Waals surface area contributed by atoms with Gasteiger partial charge in [-0.1, -0.05) is 0 Å². The van der Waals surface area contributed by atoms with Crippen LogP contribution in [0.25, 0.3) is 10.9 Å². The van der Waals surface area contributed by atoms with Gasteiger partial charge in [0.25, 0.3) is 5.91 Å². The van der Waals surface area contributed by atoms with Gasteiger partial charge in [-0.3, -0.25) is 15.2 Å². The number of nitrogens with one attached hydrogen (secondary N) is 2. The summed E-state index contributed by atoms with van der Waals surface area (Å²) in [4.78, 5) is 32.1. The lowest BCUT2D eigenvalue weighted by atomic mass is 9.93. The Labute approximate surface area is 197 Å². The first-order valence-corrected chi connectivity index (χ1v) is 11.5. The van der Waals surface area contributed by atoms with Crippen LogP contribution in [-0.4, -0.2) is 64.3 Å². The number of morpholine rings is 1. The zero-order valence-corrected chi connectivity index (χ0v) is 18.8. The molecule has 0 aromatic carbocycles. The molecule has 4 heterocycles. The van der Waals surface area contributed by atoms with E-state index in [4.69, 9.17) is 20.3 Å². The number of hydrogen-bond donors (Lipinski definition) is 3. The normalized spacial score (nSPS) is 20.7. The average molecular weight is 465 g/mol. The van der Waals surface area contributed by atoms with Crippen molar-refractivity contribution in [2.45, 2.75) is 37.8 Å². The maximum atomic E-state index is 12.1. The summed E-state index contributed by atoms with van der Waals surface area (Å²) >= 11 is 0. The standard InChI is InChI=1S/C23H28N8O3/c24-30-21(32)15-12-18-19(27-14-15)13-20(31-8-10-33-11-9-31)29-22(18)34-17-4-2-16(3-5-17)28-23-25-6-1-7-26-23/h1,6-7,12-14,16-17H,2-5,8-11,24H2,(H,30,32)(H,25,26,28). The number of aromatic nitrogens is 4. The van der Waals surface area contributed by atoms with Crippen molar-refractivity contribution in [1.29, 1.82) is 0 Å². The van der Waals surface area contributed by atoms with Gasteiger partial charge in [-0.15, -0.1) is 0 Å². The highest BCUT2D eigenvalue weighted by Gasteiger charge is 2.25. The van der Waals surface area contributed by atoms with Gasteiger partial charge in [0, 0.05) is 43.8 Å². The van der Waals surface area contributed by atoms with Crippen LogP contribution in [0.2, 0.25) is 0 Å². The zero-order chi connectivity index (χ0) is 23.3. The summed E-state index contributed by atoms with van der Waals surface area (Å²) in [7, 11) is 0. The molecule has 3 aromatic heterocycles. The molecule has 178 valence electrons. The van der Waals surface area contributed by atoms with Crippen molar-refractivity contribution in [1.82, 2.24) is 25.4 Å². The third-order valence-corrected chi connectivity index (χ3v) is 6.21. The summed E-state index contributed by atoms with van der Waals surface area (Å²) in [6, 6.07) is 5.76. The summed E-state index contributed by atoms with van der Waals surface area (Å²) < 4.78 is 11.9. The first-order valence-electron chi connectivity index (χ1n) is 11.5. The number of fused-ring (bicyclic) bond motifs is 1. The van der Waals surface area contributed by atoms with Gasteiger partial charge in [0.1, 0.15) is 11.9 Å². The van der Waals surface area contributed by atoms with E-state index in [-0.39, 0.29) is 6.10 Å². The van der Waals surface area contributed by atoms with Crippen LogP contribution in [-0.2, 0) is 4.74 Å². The quantitative estimate of drug-likeness (QED) is 0.280. The van der Waals surface area contributed by atoms with Crippen molar-refractivity contribution >= 4 is 28.6 Å². The number of nitrogens with two attached hydrogens (primary N) is 1. The van der Waals surface area contributed by atoms with Crippen LogP contribution < -0.4 is 26.2 Å². The number of carbonyl (C=O) groups excluding carboxylic acids is 1. The van der Waals surface area contributed by atoms with Crippen LogP contribution in [0.4, 0.5) is 11.8 Å². The molecule has 4 N–H and O–H groups in total. The van der Waals surface area contributed by atoms with E-state index in [0.717, 1.165) is 50.1 Å². The SMILES string of the molecule is NNC(=O)c1cnc2cc(N3CCOCC3)nc(OC3CCC(Nc4ncccn4)CC3)c2c1. The minimum atomic E-state index is -0.410. The molecule has 0 atom stereocenters. The van der Waals surface area contributed by atoms with Crippen molar-refractivity contribution < 1.29 is 14.3 Å². The van der Waals surface area contributed by atoms with E-state index < -0.39 is 5.91 Å². The van der Waals surface area contributed by atoms with E-state index in [1.165, 1.54) is 6.20 Å². The van der Waals surface area contributed by atoms with Gasteiger partial charge in [0.15, 0.2) is 0 Å². The average Bonchev–Trinajstić information content (AvgIpc) is 2.90. The van der Waals surface area contributed by atoms with Crippen LogP contribution >= 0.6 is 0 Å². The molecule has 2 fully saturated rings. The summed E-state index contributed by atoms with van der Waals surface area (Å²) in [5, 5.41) is 4.09. The third-order valence-electron chi connectivity index (χ3n) is 6.21. The number of carbonyl (C=O) groups is 1. The lowest BCUT2D eigenvalue weighted by Crippen LogP contribution is -2.37. The Bertz CT molecular complexity index is 1130. The highest BCUT2D eigenvalue weighted by molar-refractivity contribution is 5.98. The van der Waals surface area contributed by atoms with E-state index in [1.54, 1.807) is 24.5 Å². The van der Waals surface area contributed by atoms with E-state index in [2.05, 4.69) is 30.6 Å². The van der Waals surface area contributed by atoms with Gasteiger partial charge in [0.2, 0.25) is 11.8 Å². The monoisotopic (exact) mass is 464 g/mol. The first kappa shape index (κ1) is 22.2. The molecule has 11 nitrogen and oxygen atoms in total. The third kappa shape index (κ3) is 5.00. The fraction of sp³-hybridized carbons (Fsp3) is 0.435. The zero-order valence-electron chi connectivity index (χ0n) is 18.8. The maximum absolute atomic E-state index is 12.1. The molecule has 34 heavy (non-hydrogen) atoms. The molecule has 0 bridgehead atoms. The predicted molar refractivity (Wildman–Crippen MR) is 127 cm³/mol. The second kappa shape index (κ2) is 10.1. The molecule has 1 saturated heterocycles. The van der Waals surface area contributed by atoms with Gasteiger partial charge >= 0.3 is 0 Å². The van der Waals surface area contributed by atoms with Crippen molar-refractivity contribution in [3.05, 3.63) is 42.4 Å². The molecule has 11 heteroatoms. The Morgan fingerprint density at radius 2 is 1.85 bits per heavy atom. The Morgan fingerprint density at radius 1 is 1.09 bits per heavy atom. The number of ether oxygens (including phenoxy) is 2. The van der Waals surface area contributed by atoms with Crippen LogP contribution in [0.15, 0.2) is 36.8 Å². The minimum Gasteiger partial charge on any atom is -0.474 e. The molecule has 3 aromatic rings. The van der Waals surface area contributed by atoms with E-state index in [9.17, 15) is 4.79 Å². The molecule has 1 saturated carbocycles. The molecular formula is C23H28N8O3. The van der Waals surface area contributed by atoms with Crippen molar-refractivity contribution in [2.24, 2.45) is 5.84 Å². The van der Waals surface area contributed by atoms with E-state index >= 15 is 0 Å². The molecule has 1 amide bonds. The summed E-state index contributed by atoms with van der Waals surface area (Å²) in [6.07, 6.45) is 8.59. The highest BCUT2D eigenvalue weighted by Crippen LogP contribution is 2.32. The topological polar surface area (TPSA) is 140 Å². The summed E-state index contributed by atoms with van der Waals surface area (Å²) in [5.74, 6) is 6.84. The summed E-state index contributed by atoms with van der Waals surface area (Å²) in [5.41, 5.74) is 3.23. The maximum Gasteiger partial charge on any atom is 0.266 e. The largest absolute Gasteiger partial charge is 0.474 e. The smallest absolute Gasteiger partial charge is 0.266 e. The van der Waals surface area contributed by atoms with Gasteiger partial charge in [0.05, 0.1) is 29.7 Å². The lowest BCUT2D eigenvalue weighted by Gasteiger charge is -2.31. The number of amides is 1. The molecule has 0 radical (unpaired) electrons. The Kier molecular flexibility index (Phi) is 6.63. The van der Waals surface area contributed by atoms with E-state index in [1.807, 2.05) is 6.07 Å². The molecule has 0 unspecified atom stereocenters. The van der Waals surface area contributed by atoms with Crippen molar-refractivity contribution in [3.8, 4) is 5.88 Å². The number of nitrogens with zero attached hydrogens (tertiary/aromatic N) is 5. The van der Waals surface area contributed by atoms with Gasteiger partial charge in [-0.05, 0) is 37.8 Å². The molecule has 1 aliphatic heterocycles. The lowest BCUT2D eigenvalue weighted by molar-refractivity contribution is 0.0953. The highest BCUT2D eigenvalue weighted by atomic mass is 16.5. The second-order valence-electron chi connectivity index (χ2n) is 8.46. The van der Waals surface area contributed by atoms with Crippen LogP contribution in [0.5, 0.6) is 5.88 Å². The van der Waals surface area contributed by atoms with Gasteiger partial charge in [-0.2, -0.15) is 4.98 Å². The number of rotatable bonds is 6. The van der Waals surface area contributed by atoms with Crippen LogP contribution in [0.1, 0.15) is 36.0 Å². The van der Waals surface area contributed by atoms with Crippen molar-refractivity contribution in [2.75, 3.05) is 36.5 Å². The number of anilines is 2. The fourth-order valence-corrected chi connectivity index (χ4v) is 4.37. The van der Waals surface area contributed by atoms with Crippen molar-refractivity contribution in [3.63, 3.8) is 0 Å². The van der Waals surface area contributed by atoms with Gasteiger partial charge < -0.3 is 19.7 Å². The minimum absolute atomic E-state index is 0.0115. The molecule has 2 aliphatic rings. The number of hydrazine groups is 1. The molecule has 0 spiro atoms. The first-order chi connectivity index (χ1) is 16.7. The molecule has 1 aliphatic carbocycles. The number of pyridine rings is 2. The van der Waals surface area contributed by atoms with Gasteiger partial charge in [-0.25, -0.2) is 15.8 Å². The molecule has 5 rings (SSSR count). The number of nitrogen functional groups attached to an aromatic ring is 1. The van der Waals surface area contributed by atoms with E-state index in [0.29, 0.717) is 42.0 Å². The molecular weight excluding hydrogens is 436 g/mol. The second-order valence-corrected chi connectivity index (χ2v) is 8.46. The number of hydrogen-bond acceptors (Lipinski definition) is 10. The summed E-state index contributed by atoms with van der Waals surface area (Å²) in [6.45, 7) is 2.82. The Balaban J connectivity index is 1.36. The van der Waals surface area contributed by atoms with Crippen LogP contribution in [0.3, 0.4) is 0 Å². The Morgan fingerprint density at radius 3 is 2.59 bits per heavy atom. The Hall–Kier alpha value is -3.57. The fourth-order valence-electron chi connectivity index (χ4n) is 4.37. The van der Waals surface area contributed by atoms with Crippen LogP contribution in [0, 0.1) is 0 Å².